The number of piperazine rings is 1. The number of anilines is 1. The SMILES string of the molecule is O=C(OC[C@@H]1CCC[C@H](C2CC2)N1S(=O)(=O)c1ccc(Cl)cc1)N1CCN(c2ccccn2)CC1. The zero-order chi connectivity index (χ0) is 24.4. The minimum absolute atomic E-state index is 0.0463. The van der Waals surface area contributed by atoms with E-state index in [4.69, 9.17) is 16.3 Å². The second-order valence-corrected chi connectivity index (χ2v) is 11.8. The van der Waals surface area contributed by atoms with Crippen LogP contribution in [-0.4, -0.2) is 73.6 Å². The number of hydrogen-bond donors (Lipinski definition) is 0. The number of aromatic nitrogens is 1. The van der Waals surface area contributed by atoms with E-state index in [1.165, 1.54) is 0 Å². The van der Waals surface area contributed by atoms with Crippen molar-refractivity contribution in [1.29, 1.82) is 0 Å². The monoisotopic (exact) mass is 518 g/mol. The zero-order valence-corrected chi connectivity index (χ0v) is 21.2. The van der Waals surface area contributed by atoms with Gasteiger partial charge in [-0.15, -0.1) is 0 Å². The van der Waals surface area contributed by atoms with Crippen LogP contribution in [0.1, 0.15) is 32.1 Å². The molecule has 3 fully saturated rings. The molecule has 3 aliphatic rings. The van der Waals surface area contributed by atoms with Gasteiger partial charge >= 0.3 is 6.09 Å². The quantitative estimate of drug-likeness (QED) is 0.574. The van der Waals surface area contributed by atoms with Crippen LogP contribution in [0.2, 0.25) is 5.02 Å². The molecule has 1 aromatic heterocycles. The summed E-state index contributed by atoms with van der Waals surface area (Å²) in [5.41, 5.74) is 0. The van der Waals surface area contributed by atoms with Gasteiger partial charge in [-0.05, 0) is 68.0 Å². The Bertz CT molecular complexity index is 1120. The van der Waals surface area contributed by atoms with Crippen molar-refractivity contribution in [3.05, 3.63) is 53.7 Å². The van der Waals surface area contributed by atoms with Gasteiger partial charge in [-0.25, -0.2) is 18.2 Å². The Labute approximate surface area is 211 Å². The number of nitrogens with zero attached hydrogens (tertiary/aromatic N) is 4. The van der Waals surface area contributed by atoms with Gasteiger partial charge in [0.2, 0.25) is 10.0 Å². The van der Waals surface area contributed by atoms with Crippen LogP contribution in [0.4, 0.5) is 10.6 Å². The van der Waals surface area contributed by atoms with Crippen molar-refractivity contribution in [2.24, 2.45) is 5.92 Å². The lowest BCUT2D eigenvalue weighted by Crippen LogP contribution is -2.54. The number of pyridine rings is 1. The first-order chi connectivity index (χ1) is 16.9. The van der Waals surface area contributed by atoms with Crippen molar-refractivity contribution >= 4 is 33.5 Å². The van der Waals surface area contributed by atoms with Crippen LogP contribution in [0.25, 0.3) is 0 Å². The molecule has 8 nitrogen and oxygen atoms in total. The fourth-order valence-corrected chi connectivity index (χ4v) is 7.23. The van der Waals surface area contributed by atoms with Crippen molar-refractivity contribution in [2.45, 2.75) is 49.1 Å². The Morgan fingerprint density at radius 2 is 1.74 bits per heavy atom. The average Bonchev–Trinajstić information content (AvgIpc) is 3.73. The maximum absolute atomic E-state index is 13.7. The van der Waals surface area contributed by atoms with Gasteiger partial charge in [-0.2, -0.15) is 4.31 Å². The normalized spacial score (nSPS) is 23.8. The highest BCUT2D eigenvalue weighted by Gasteiger charge is 2.46. The van der Waals surface area contributed by atoms with E-state index in [1.807, 2.05) is 18.2 Å². The fraction of sp³-hybridized carbons (Fsp3) is 0.520. The van der Waals surface area contributed by atoms with Crippen molar-refractivity contribution < 1.29 is 17.9 Å². The molecule has 0 unspecified atom stereocenters. The summed E-state index contributed by atoms with van der Waals surface area (Å²) in [7, 11) is -3.74. The first-order valence-electron chi connectivity index (χ1n) is 12.3. The molecule has 1 saturated carbocycles. The van der Waals surface area contributed by atoms with E-state index in [9.17, 15) is 13.2 Å². The molecule has 0 spiro atoms. The number of piperidine rings is 1. The van der Waals surface area contributed by atoms with Crippen LogP contribution < -0.4 is 4.90 Å². The number of benzene rings is 1. The molecule has 2 saturated heterocycles. The van der Waals surface area contributed by atoms with Crippen LogP contribution in [0.3, 0.4) is 0 Å². The third-order valence-electron chi connectivity index (χ3n) is 7.19. The van der Waals surface area contributed by atoms with Crippen LogP contribution in [0, 0.1) is 5.92 Å². The molecule has 10 heteroatoms. The summed E-state index contributed by atoms with van der Waals surface area (Å²) >= 11 is 5.99. The second-order valence-electron chi connectivity index (χ2n) is 9.52. The van der Waals surface area contributed by atoms with Crippen LogP contribution in [-0.2, 0) is 14.8 Å². The van der Waals surface area contributed by atoms with Crippen molar-refractivity contribution in [2.75, 3.05) is 37.7 Å². The number of ether oxygens (including phenoxy) is 1. The molecule has 2 atom stereocenters. The number of carbonyl (C=O) groups excluding carboxylic acids is 1. The topological polar surface area (TPSA) is 83.0 Å². The molecule has 0 N–H and O–H groups in total. The summed E-state index contributed by atoms with van der Waals surface area (Å²) in [4.78, 5) is 21.3. The first-order valence-corrected chi connectivity index (χ1v) is 14.1. The predicted octanol–water partition coefficient (Wildman–Crippen LogP) is 4.02. The van der Waals surface area contributed by atoms with Crippen LogP contribution >= 0.6 is 11.6 Å². The molecule has 35 heavy (non-hydrogen) atoms. The summed E-state index contributed by atoms with van der Waals surface area (Å²) in [6, 6.07) is 11.7. The molecule has 2 aromatic rings. The van der Waals surface area contributed by atoms with Gasteiger partial charge in [0.25, 0.3) is 0 Å². The van der Waals surface area contributed by atoms with Crippen molar-refractivity contribution in [1.82, 2.24) is 14.2 Å². The molecule has 0 radical (unpaired) electrons. The van der Waals surface area contributed by atoms with Crippen LogP contribution in [0.15, 0.2) is 53.6 Å². The molecule has 3 heterocycles. The number of halogens is 1. The highest BCUT2D eigenvalue weighted by atomic mass is 35.5. The van der Waals surface area contributed by atoms with E-state index in [2.05, 4.69) is 9.88 Å². The number of carbonyl (C=O) groups is 1. The summed E-state index contributed by atoms with van der Waals surface area (Å²) in [6.45, 7) is 2.50. The minimum atomic E-state index is -3.74. The van der Waals surface area contributed by atoms with Gasteiger partial charge in [0.15, 0.2) is 0 Å². The molecule has 2 aliphatic heterocycles. The van der Waals surface area contributed by atoms with E-state index >= 15 is 0 Å². The Hall–Kier alpha value is -2.36. The predicted molar refractivity (Wildman–Crippen MR) is 134 cm³/mol. The molecular weight excluding hydrogens is 488 g/mol. The van der Waals surface area contributed by atoms with Crippen LogP contribution in [0.5, 0.6) is 0 Å². The highest BCUT2D eigenvalue weighted by molar-refractivity contribution is 7.89. The summed E-state index contributed by atoms with van der Waals surface area (Å²) in [6.07, 6.45) is 5.92. The van der Waals surface area contributed by atoms with E-state index in [0.717, 1.165) is 31.5 Å². The average molecular weight is 519 g/mol. The maximum atomic E-state index is 13.7. The molecule has 5 rings (SSSR count). The van der Waals surface area contributed by atoms with Gasteiger partial charge in [0.1, 0.15) is 12.4 Å². The maximum Gasteiger partial charge on any atom is 0.409 e. The molecule has 1 amide bonds. The van der Waals surface area contributed by atoms with Crippen molar-refractivity contribution in [3.8, 4) is 0 Å². The Morgan fingerprint density at radius 1 is 1.00 bits per heavy atom. The number of hydrogen-bond acceptors (Lipinski definition) is 6. The van der Waals surface area contributed by atoms with E-state index in [0.29, 0.717) is 43.5 Å². The standard InChI is InChI=1S/C25H31ClN4O4S/c26-20-9-11-22(12-10-20)35(32,33)30-21(4-3-5-23(30)19-7-8-19)18-34-25(31)29-16-14-28(15-17-29)24-6-1-2-13-27-24/h1-2,6,9-13,19,21,23H,3-5,7-8,14-18H2/t21-,23+/m0/s1. The van der Waals surface area contributed by atoms with E-state index in [1.54, 1.807) is 39.7 Å². The van der Waals surface area contributed by atoms with Crippen molar-refractivity contribution in [3.63, 3.8) is 0 Å². The Morgan fingerprint density at radius 3 is 2.40 bits per heavy atom. The van der Waals surface area contributed by atoms with Gasteiger partial charge < -0.3 is 14.5 Å². The smallest absolute Gasteiger partial charge is 0.409 e. The molecule has 0 bridgehead atoms. The van der Waals surface area contributed by atoms with Gasteiger partial charge in [-0.3, -0.25) is 0 Å². The number of amides is 1. The zero-order valence-electron chi connectivity index (χ0n) is 19.6. The van der Waals surface area contributed by atoms with E-state index in [-0.39, 0.29) is 29.7 Å². The molecule has 188 valence electrons. The van der Waals surface area contributed by atoms with Gasteiger partial charge in [0, 0.05) is 43.4 Å². The largest absolute Gasteiger partial charge is 0.448 e. The molecule has 1 aliphatic carbocycles. The lowest BCUT2D eigenvalue weighted by Gasteiger charge is -2.41. The second kappa shape index (κ2) is 10.3. The summed E-state index contributed by atoms with van der Waals surface area (Å²) in [5, 5.41) is 0.495. The third-order valence-corrected chi connectivity index (χ3v) is 9.43. The third kappa shape index (κ3) is 5.42. The number of rotatable bonds is 6. The fourth-order valence-electron chi connectivity index (χ4n) is 5.19. The van der Waals surface area contributed by atoms with E-state index < -0.39 is 10.0 Å². The molecule has 1 aromatic carbocycles. The minimum Gasteiger partial charge on any atom is -0.448 e. The first kappa shape index (κ1) is 24.3. The Kier molecular flexibility index (Phi) is 7.18. The van der Waals surface area contributed by atoms with Gasteiger partial charge in [0.05, 0.1) is 10.9 Å². The van der Waals surface area contributed by atoms with Gasteiger partial charge in [-0.1, -0.05) is 24.1 Å². The molecular formula is C25H31ClN4O4S. The summed E-state index contributed by atoms with van der Waals surface area (Å²) < 4.78 is 34.7. The lowest BCUT2D eigenvalue weighted by atomic mass is 9.96. The lowest BCUT2D eigenvalue weighted by molar-refractivity contribution is 0.0576. The number of sulfonamides is 1. The highest BCUT2D eigenvalue weighted by Crippen LogP contribution is 2.43. The Balaban J connectivity index is 1.24. The summed E-state index contributed by atoms with van der Waals surface area (Å²) in [5.74, 6) is 1.28.